The third-order valence-electron chi connectivity index (χ3n) is 7.68. The molecule has 0 amide bonds. The molecule has 0 N–H and O–H groups in total. The zero-order valence-electron chi connectivity index (χ0n) is 24.9. The first kappa shape index (κ1) is 34.0. The second-order valence-electron chi connectivity index (χ2n) is 11.1. The molecule has 0 bridgehead atoms. The summed E-state index contributed by atoms with van der Waals surface area (Å²) >= 11 is 0. The second-order valence-corrected chi connectivity index (χ2v) is 11.1. The van der Waals surface area contributed by atoms with E-state index in [1.54, 1.807) is 12.1 Å². The van der Waals surface area contributed by atoms with Crippen molar-refractivity contribution >= 4 is 0 Å². The number of hydrogen-bond acceptors (Lipinski definition) is 1. The van der Waals surface area contributed by atoms with E-state index in [4.69, 9.17) is 4.74 Å². The molecule has 4 aromatic carbocycles. The fourth-order valence-electron chi connectivity index (χ4n) is 4.93. The lowest BCUT2D eigenvalue weighted by Crippen LogP contribution is -2.35. The van der Waals surface area contributed by atoms with Crippen molar-refractivity contribution in [3.05, 3.63) is 130 Å². The lowest BCUT2D eigenvalue weighted by molar-refractivity contribution is -0.223. The Labute approximate surface area is 257 Å². The van der Waals surface area contributed by atoms with Crippen LogP contribution in [0.1, 0.15) is 72.9 Å². The van der Waals surface area contributed by atoms with Crippen LogP contribution in [0, 0.1) is 0 Å². The molecule has 9 heteroatoms. The largest absolute Gasteiger partial charge is 0.457 e. The molecule has 0 spiro atoms. The standard InChI is InChI=1S/C36H34F8O/c1-3-5-9-25-11-7-13-29(23-25)35(41,42)33(37,38)27-15-19-31(20-16-27)45-32-21-17-28(18-22-32)34(39,40)36(43,44)30-14-8-12-26(24-30)10-6-4-2/h7-8,11-24H,3-6,9-10H2,1-2H3. The third kappa shape index (κ3) is 7.18. The summed E-state index contributed by atoms with van der Waals surface area (Å²) in [4.78, 5) is 0. The van der Waals surface area contributed by atoms with Crippen LogP contribution in [0.15, 0.2) is 97.1 Å². The zero-order valence-corrected chi connectivity index (χ0v) is 24.9. The highest BCUT2D eigenvalue weighted by Crippen LogP contribution is 2.51. The maximum Gasteiger partial charge on any atom is 0.339 e. The van der Waals surface area contributed by atoms with Crippen LogP contribution in [0.4, 0.5) is 35.1 Å². The summed E-state index contributed by atoms with van der Waals surface area (Å²) in [5, 5.41) is 0. The maximum atomic E-state index is 15.1. The minimum absolute atomic E-state index is 0.0480. The molecule has 0 fully saturated rings. The van der Waals surface area contributed by atoms with Crippen LogP contribution >= 0.6 is 0 Å². The monoisotopic (exact) mass is 634 g/mol. The van der Waals surface area contributed by atoms with E-state index in [0.717, 1.165) is 98.5 Å². The predicted molar refractivity (Wildman–Crippen MR) is 159 cm³/mol. The predicted octanol–water partition coefficient (Wildman–Crippen LogP) is 11.9. The van der Waals surface area contributed by atoms with Crippen molar-refractivity contribution in [2.45, 2.75) is 76.1 Å². The van der Waals surface area contributed by atoms with Crippen molar-refractivity contribution in [3.8, 4) is 11.5 Å². The van der Waals surface area contributed by atoms with Gasteiger partial charge in [-0.25, -0.2) is 0 Å². The number of ether oxygens (including phenoxy) is 1. The Morgan fingerprint density at radius 1 is 0.444 bits per heavy atom. The van der Waals surface area contributed by atoms with E-state index in [9.17, 15) is 0 Å². The Morgan fingerprint density at radius 3 is 1.11 bits per heavy atom. The molecule has 4 aromatic rings. The van der Waals surface area contributed by atoms with Crippen LogP contribution < -0.4 is 4.74 Å². The first-order valence-electron chi connectivity index (χ1n) is 14.8. The number of unbranched alkanes of at least 4 members (excludes halogenated alkanes) is 2. The van der Waals surface area contributed by atoms with E-state index >= 15 is 35.1 Å². The molecule has 0 aliphatic carbocycles. The Bertz CT molecular complexity index is 1430. The van der Waals surface area contributed by atoms with E-state index < -0.39 is 45.9 Å². The smallest absolute Gasteiger partial charge is 0.339 e. The summed E-state index contributed by atoms with van der Waals surface area (Å²) in [6.07, 6.45) is 4.10. The van der Waals surface area contributed by atoms with Crippen LogP contribution in [-0.2, 0) is 36.5 Å². The quantitative estimate of drug-likeness (QED) is 0.125. The number of rotatable bonds is 14. The van der Waals surface area contributed by atoms with Gasteiger partial charge in [0.2, 0.25) is 0 Å². The number of aryl methyl sites for hydroxylation is 2. The van der Waals surface area contributed by atoms with Crippen molar-refractivity contribution in [2.75, 3.05) is 0 Å². The molecule has 1 nitrogen and oxygen atoms in total. The van der Waals surface area contributed by atoms with Gasteiger partial charge < -0.3 is 4.74 Å². The molecule has 0 aliphatic rings. The van der Waals surface area contributed by atoms with Gasteiger partial charge in [0, 0.05) is 22.3 Å². The highest BCUT2D eigenvalue weighted by molar-refractivity contribution is 5.40. The SMILES string of the molecule is CCCCc1cccc(C(F)(F)C(F)(F)c2ccc(Oc3ccc(C(F)(F)C(F)(F)c4cccc(CCCC)c4)cc3)cc2)c1. The summed E-state index contributed by atoms with van der Waals surface area (Å²) in [6, 6.07) is 17.3. The Balaban J connectivity index is 1.48. The fourth-order valence-corrected chi connectivity index (χ4v) is 4.93. The van der Waals surface area contributed by atoms with Gasteiger partial charge in [-0.15, -0.1) is 0 Å². The molecule has 0 radical (unpaired) electrons. The molecule has 0 unspecified atom stereocenters. The summed E-state index contributed by atoms with van der Waals surface area (Å²) in [5.74, 6) is -18.2. The molecule has 0 saturated carbocycles. The van der Waals surface area contributed by atoms with Crippen molar-refractivity contribution in [3.63, 3.8) is 0 Å². The van der Waals surface area contributed by atoms with Crippen LogP contribution in [0.5, 0.6) is 11.5 Å². The lowest BCUT2D eigenvalue weighted by atomic mass is 9.94. The first-order valence-corrected chi connectivity index (χ1v) is 14.8. The molecule has 45 heavy (non-hydrogen) atoms. The molecule has 0 aliphatic heterocycles. The number of alkyl halides is 8. The Kier molecular flexibility index (Phi) is 10.3. The van der Waals surface area contributed by atoms with Gasteiger partial charge in [0.1, 0.15) is 11.5 Å². The number of benzene rings is 4. The van der Waals surface area contributed by atoms with Crippen LogP contribution in [0.2, 0.25) is 0 Å². The van der Waals surface area contributed by atoms with Gasteiger partial charge in [0.05, 0.1) is 0 Å². The van der Waals surface area contributed by atoms with Crippen molar-refractivity contribution < 1.29 is 39.9 Å². The van der Waals surface area contributed by atoms with E-state index in [1.807, 2.05) is 13.8 Å². The fraction of sp³-hybridized carbons (Fsp3) is 0.333. The summed E-state index contributed by atoms with van der Waals surface area (Å²) in [7, 11) is 0. The normalized spacial score (nSPS) is 12.8. The van der Waals surface area contributed by atoms with Gasteiger partial charge in [-0.1, -0.05) is 63.1 Å². The summed E-state index contributed by atoms with van der Waals surface area (Å²) in [5.41, 5.74) is -2.42. The highest BCUT2D eigenvalue weighted by atomic mass is 19.3. The molecule has 0 saturated heterocycles. The van der Waals surface area contributed by atoms with Crippen LogP contribution in [0.25, 0.3) is 0 Å². The highest BCUT2D eigenvalue weighted by Gasteiger charge is 2.59. The van der Waals surface area contributed by atoms with Crippen molar-refractivity contribution in [1.29, 1.82) is 0 Å². The van der Waals surface area contributed by atoms with E-state index in [-0.39, 0.29) is 11.5 Å². The number of halogens is 8. The number of hydrogen-bond donors (Lipinski definition) is 0. The molecule has 0 atom stereocenters. The van der Waals surface area contributed by atoms with Crippen LogP contribution in [0.3, 0.4) is 0 Å². The second kappa shape index (κ2) is 13.6. The van der Waals surface area contributed by atoms with E-state index in [2.05, 4.69) is 0 Å². The Hall–Kier alpha value is -3.88. The van der Waals surface area contributed by atoms with Crippen molar-refractivity contribution in [1.82, 2.24) is 0 Å². The van der Waals surface area contributed by atoms with Gasteiger partial charge in [-0.3, -0.25) is 0 Å². The average Bonchev–Trinajstić information content (AvgIpc) is 3.03. The minimum atomic E-state index is -4.55. The molecule has 240 valence electrons. The lowest BCUT2D eigenvalue weighted by Gasteiger charge is -2.28. The van der Waals surface area contributed by atoms with Crippen LogP contribution in [-0.4, -0.2) is 0 Å². The summed E-state index contributed by atoms with van der Waals surface area (Å²) < 4.78 is 126. The Morgan fingerprint density at radius 2 is 0.778 bits per heavy atom. The van der Waals surface area contributed by atoms with E-state index in [1.165, 1.54) is 12.1 Å². The molecular weight excluding hydrogens is 600 g/mol. The average molecular weight is 635 g/mol. The third-order valence-corrected chi connectivity index (χ3v) is 7.68. The van der Waals surface area contributed by atoms with E-state index in [0.29, 0.717) is 24.0 Å². The van der Waals surface area contributed by atoms with Gasteiger partial charge in [-0.2, -0.15) is 35.1 Å². The molecule has 0 aromatic heterocycles. The van der Waals surface area contributed by atoms with Crippen molar-refractivity contribution in [2.24, 2.45) is 0 Å². The van der Waals surface area contributed by atoms with Gasteiger partial charge in [-0.05, 0) is 97.5 Å². The maximum absolute atomic E-state index is 15.1. The molecular formula is C36H34F8O. The van der Waals surface area contributed by atoms with Gasteiger partial charge in [0.15, 0.2) is 0 Å². The zero-order chi connectivity index (χ0) is 32.9. The van der Waals surface area contributed by atoms with Gasteiger partial charge >= 0.3 is 23.7 Å². The first-order chi connectivity index (χ1) is 21.2. The minimum Gasteiger partial charge on any atom is -0.457 e. The molecule has 4 rings (SSSR count). The van der Waals surface area contributed by atoms with Gasteiger partial charge in [0.25, 0.3) is 0 Å². The topological polar surface area (TPSA) is 9.23 Å². The summed E-state index contributed by atoms with van der Waals surface area (Å²) in [6.45, 7) is 3.87. The molecule has 0 heterocycles.